The van der Waals surface area contributed by atoms with Crippen LogP contribution in [0, 0.1) is 0 Å². The van der Waals surface area contributed by atoms with Crippen LogP contribution in [0.4, 0.5) is 0 Å². The van der Waals surface area contributed by atoms with E-state index in [2.05, 4.69) is 5.48 Å². The molecular formula is C12H17NO2. The second-order valence-electron chi connectivity index (χ2n) is 3.88. The summed E-state index contributed by atoms with van der Waals surface area (Å²) in [5, 5.41) is 9.46. The number of hydroxylamine groups is 1. The van der Waals surface area contributed by atoms with E-state index in [1.807, 2.05) is 19.1 Å². The summed E-state index contributed by atoms with van der Waals surface area (Å²) in [6.45, 7) is 2.61. The summed E-state index contributed by atoms with van der Waals surface area (Å²) < 4.78 is 0. The zero-order valence-corrected chi connectivity index (χ0v) is 8.99. The third kappa shape index (κ3) is 2.30. The van der Waals surface area contributed by atoms with Crippen LogP contribution in [-0.2, 0) is 11.3 Å². The molecule has 2 rings (SSSR count). The van der Waals surface area contributed by atoms with Crippen molar-refractivity contribution in [3.63, 3.8) is 0 Å². The minimum Gasteiger partial charge on any atom is -0.508 e. The number of hydrogen-bond donors (Lipinski definition) is 2. The highest BCUT2D eigenvalue weighted by Gasteiger charge is 2.20. The van der Waals surface area contributed by atoms with Crippen molar-refractivity contribution in [3.8, 4) is 5.75 Å². The van der Waals surface area contributed by atoms with E-state index in [1.165, 1.54) is 17.5 Å². The molecule has 0 saturated carbocycles. The summed E-state index contributed by atoms with van der Waals surface area (Å²) in [6, 6.07) is 5.82. The molecule has 0 bridgehead atoms. The molecule has 0 aromatic heterocycles. The van der Waals surface area contributed by atoms with Crippen LogP contribution < -0.4 is 5.48 Å². The van der Waals surface area contributed by atoms with Crippen LogP contribution in [0.2, 0.25) is 0 Å². The fraction of sp³-hybridized carbons (Fsp3) is 0.500. The summed E-state index contributed by atoms with van der Waals surface area (Å²) in [6.07, 6.45) is 3.33. The first kappa shape index (κ1) is 10.5. The number of fused-ring (bicyclic) bond motifs is 1. The summed E-state index contributed by atoms with van der Waals surface area (Å²) in [7, 11) is 0. The second kappa shape index (κ2) is 4.64. The molecule has 0 amide bonds. The lowest BCUT2D eigenvalue weighted by molar-refractivity contribution is 0.0197. The van der Waals surface area contributed by atoms with Crippen molar-refractivity contribution in [2.75, 3.05) is 6.61 Å². The highest BCUT2D eigenvalue weighted by molar-refractivity contribution is 5.38. The topological polar surface area (TPSA) is 41.5 Å². The van der Waals surface area contributed by atoms with Crippen LogP contribution in [0.15, 0.2) is 18.2 Å². The summed E-state index contributed by atoms with van der Waals surface area (Å²) in [4.78, 5) is 5.24. The monoisotopic (exact) mass is 207 g/mol. The first-order valence-electron chi connectivity index (χ1n) is 5.50. The van der Waals surface area contributed by atoms with Crippen molar-refractivity contribution in [1.29, 1.82) is 0 Å². The molecule has 0 saturated heterocycles. The predicted octanol–water partition coefficient (Wildman–Crippen LogP) is 2.31. The van der Waals surface area contributed by atoms with Gasteiger partial charge < -0.3 is 9.94 Å². The maximum Gasteiger partial charge on any atom is 0.115 e. The number of hydrogen-bond acceptors (Lipinski definition) is 3. The van der Waals surface area contributed by atoms with Gasteiger partial charge in [-0.1, -0.05) is 6.07 Å². The van der Waals surface area contributed by atoms with Gasteiger partial charge in [-0.25, -0.2) is 0 Å². The van der Waals surface area contributed by atoms with Crippen LogP contribution in [0.25, 0.3) is 0 Å². The van der Waals surface area contributed by atoms with Crippen molar-refractivity contribution in [1.82, 2.24) is 5.48 Å². The Kier molecular flexibility index (Phi) is 3.23. The number of phenols is 1. The molecule has 82 valence electrons. The average molecular weight is 207 g/mol. The third-order valence-corrected chi connectivity index (χ3v) is 2.81. The molecule has 1 aliphatic rings. The van der Waals surface area contributed by atoms with Crippen LogP contribution in [-0.4, -0.2) is 11.7 Å². The molecule has 0 radical (unpaired) electrons. The summed E-state index contributed by atoms with van der Waals surface area (Å²) in [5.74, 6) is 0.332. The van der Waals surface area contributed by atoms with Gasteiger partial charge in [-0.2, -0.15) is 5.48 Å². The van der Waals surface area contributed by atoms with Gasteiger partial charge in [0.05, 0.1) is 12.6 Å². The highest BCUT2D eigenvalue weighted by Crippen LogP contribution is 2.31. The fourth-order valence-corrected chi connectivity index (χ4v) is 2.09. The molecule has 0 aliphatic heterocycles. The molecule has 3 heteroatoms. The average Bonchev–Trinajstić information content (AvgIpc) is 2.26. The van der Waals surface area contributed by atoms with Crippen molar-refractivity contribution >= 4 is 0 Å². The zero-order valence-electron chi connectivity index (χ0n) is 8.99. The lowest BCUT2D eigenvalue weighted by atomic mass is 9.88. The van der Waals surface area contributed by atoms with Gasteiger partial charge in [0.15, 0.2) is 0 Å². The third-order valence-electron chi connectivity index (χ3n) is 2.81. The van der Waals surface area contributed by atoms with E-state index in [0.29, 0.717) is 12.4 Å². The Bertz CT molecular complexity index is 338. The van der Waals surface area contributed by atoms with E-state index in [-0.39, 0.29) is 6.04 Å². The molecule has 0 fully saturated rings. The van der Waals surface area contributed by atoms with Gasteiger partial charge in [-0.3, -0.25) is 0 Å². The van der Waals surface area contributed by atoms with E-state index in [1.54, 1.807) is 6.07 Å². The number of nitrogens with one attached hydrogen (secondary N) is 1. The minimum absolute atomic E-state index is 0.223. The lowest BCUT2D eigenvalue weighted by Gasteiger charge is -2.25. The molecular weight excluding hydrogens is 190 g/mol. The molecule has 3 nitrogen and oxygen atoms in total. The summed E-state index contributed by atoms with van der Waals surface area (Å²) >= 11 is 0. The molecule has 2 N–H and O–H groups in total. The Morgan fingerprint density at radius 3 is 3.20 bits per heavy atom. The van der Waals surface area contributed by atoms with Crippen LogP contribution in [0.1, 0.15) is 36.9 Å². The maximum atomic E-state index is 9.46. The quantitative estimate of drug-likeness (QED) is 0.747. The van der Waals surface area contributed by atoms with Crippen molar-refractivity contribution in [2.45, 2.75) is 32.2 Å². The highest BCUT2D eigenvalue weighted by atomic mass is 16.6. The molecule has 1 atom stereocenters. The Balaban J connectivity index is 2.20. The smallest absolute Gasteiger partial charge is 0.115 e. The number of rotatable bonds is 3. The molecule has 15 heavy (non-hydrogen) atoms. The first-order valence-corrected chi connectivity index (χ1v) is 5.50. The Morgan fingerprint density at radius 2 is 2.40 bits per heavy atom. The Morgan fingerprint density at radius 1 is 1.53 bits per heavy atom. The van der Waals surface area contributed by atoms with E-state index < -0.39 is 0 Å². The van der Waals surface area contributed by atoms with E-state index in [0.717, 1.165) is 12.8 Å². The van der Waals surface area contributed by atoms with Crippen LogP contribution in [0.5, 0.6) is 5.75 Å². The van der Waals surface area contributed by atoms with Gasteiger partial charge in [0.2, 0.25) is 0 Å². The van der Waals surface area contributed by atoms with E-state index in [9.17, 15) is 5.11 Å². The number of phenolic OH excluding ortho intramolecular Hbond substituents is 1. The normalized spacial score (nSPS) is 19.9. The van der Waals surface area contributed by atoms with Crippen molar-refractivity contribution in [3.05, 3.63) is 29.3 Å². The van der Waals surface area contributed by atoms with Gasteiger partial charge >= 0.3 is 0 Å². The number of benzene rings is 1. The number of aryl methyl sites for hydroxylation is 1. The van der Waals surface area contributed by atoms with Gasteiger partial charge in [-0.15, -0.1) is 0 Å². The summed E-state index contributed by atoms with van der Waals surface area (Å²) in [5.41, 5.74) is 5.54. The fourth-order valence-electron chi connectivity index (χ4n) is 2.09. The maximum absolute atomic E-state index is 9.46. The Labute approximate surface area is 90.0 Å². The van der Waals surface area contributed by atoms with Gasteiger partial charge in [-0.05, 0) is 49.4 Å². The molecule has 1 aliphatic carbocycles. The minimum atomic E-state index is 0.223. The first-order chi connectivity index (χ1) is 7.31. The van der Waals surface area contributed by atoms with Gasteiger partial charge in [0, 0.05) is 0 Å². The molecule has 1 unspecified atom stereocenters. The Hall–Kier alpha value is -1.06. The van der Waals surface area contributed by atoms with Crippen LogP contribution >= 0.6 is 0 Å². The molecule has 0 heterocycles. The predicted molar refractivity (Wildman–Crippen MR) is 58.5 cm³/mol. The lowest BCUT2D eigenvalue weighted by Crippen LogP contribution is -2.25. The zero-order chi connectivity index (χ0) is 10.7. The molecule has 1 aromatic carbocycles. The van der Waals surface area contributed by atoms with Crippen LogP contribution in [0.3, 0.4) is 0 Å². The van der Waals surface area contributed by atoms with Gasteiger partial charge in [0.1, 0.15) is 5.75 Å². The number of aromatic hydroxyl groups is 1. The van der Waals surface area contributed by atoms with E-state index >= 15 is 0 Å². The second-order valence-corrected chi connectivity index (χ2v) is 3.88. The van der Waals surface area contributed by atoms with E-state index in [4.69, 9.17) is 4.84 Å². The molecule has 0 spiro atoms. The molecule has 1 aromatic rings. The van der Waals surface area contributed by atoms with Gasteiger partial charge in [0.25, 0.3) is 0 Å². The largest absolute Gasteiger partial charge is 0.508 e. The van der Waals surface area contributed by atoms with Crippen molar-refractivity contribution < 1.29 is 9.94 Å². The standard InChI is InChI=1S/C12H17NO2/c1-2-15-13-12-5-3-4-9-6-7-10(14)8-11(9)12/h6-8,12-14H,2-5H2,1H3. The SMILES string of the molecule is CCONC1CCCc2ccc(O)cc21. The van der Waals surface area contributed by atoms with Crippen molar-refractivity contribution in [2.24, 2.45) is 0 Å².